The largest absolute Gasteiger partial charge is 0.497 e. The number of hydrogen-bond acceptors (Lipinski definition) is 5. The number of aliphatic hydroxyl groups excluding tert-OH is 1. The summed E-state index contributed by atoms with van der Waals surface area (Å²) in [7, 11) is 1.62. The second-order valence-corrected chi connectivity index (χ2v) is 6.82. The molecule has 0 fully saturated rings. The Balaban J connectivity index is 2.02. The minimum absolute atomic E-state index is 0.0884. The van der Waals surface area contributed by atoms with E-state index in [1.165, 1.54) is 0 Å². The molecule has 152 valence electrons. The van der Waals surface area contributed by atoms with Crippen molar-refractivity contribution in [1.82, 2.24) is 5.32 Å². The Morgan fingerprint density at radius 2 is 1.93 bits per heavy atom. The average molecular weight is 386 g/mol. The molecule has 0 aliphatic rings. The summed E-state index contributed by atoms with van der Waals surface area (Å²) in [6, 6.07) is 16.7. The molecule has 5 nitrogen and oxygen atoms in total. The van der Waals surface area contributed by atoms with Crippen molar-refractivity contribution in [2.75, 3.05) is 26.8 Å². The molecule has 28 heavy (non-hydrogen) atoms. The van der Waals surface area contributed by atoms with Gasteiger partial charge in [0.25, 0.3) is 0 Å². The molecule has 0 aliphatic heterocycles. The number of unbranched alkanes of at least 4 members (excludes halogenated alkanes) is 1. The van der Waals surface area contributed by atoms with E-state index in [1.807, 2.05) is 42.5 Å². The first-order chi connectivity index (χ1) is 13.6. The van der Waals surface area contributed by atoms with Crippen molar-refractivity contribution in [3.8, 4) is 5.75 Å². The molecular formula is C23H31NO4. The predicted octanol–water partition coefficient (Wildman–Crippen LogP) is 3.26. The van der Waals surface area contributed by atoms with Crippen molar-refractivity contribution in [2.45, 2.75) is 38.4 Å². The summed E-state index contributed by atoms with van der Waals surface area (Å²) in [4.78, 5) is 13.0. The molecule has 5 heteroatoms. The molecule has 2 rings (SSSR count). The minimum atomic E-state index is -0.667. The zero-order valence-electron chi connectivity index (χ0n) is 16.8. The third-order valence-electron chi connectivity index (χ3n) is 4.48. The van der Waals surface area contributed by atoms with Gasteiger partial charge in [-0.25, -0.2) is 0 Å². The first kappa shape index (κ1) is 22.1. The number of methoxy groups -OCH3 is 1. The highest BCUT2D eigenvalue weighted by Gasteiger charge is 2.22. The van der Waals surface area contributed by atoms with E-state index in [0.717, 1.165) is 30.7 Å². The van der Waals surface area contributed by atoms with E-state index in [9.17, 15) is 9.90 Å². The highest BCUT2D eigenvalue weighted by Crippen LogP contribution is 2.17. The average Bonchev–Trinajstić information content (AvgIpc) is 2.74. The van der Waals surface area contributed by atoms with Crippen LogP contribution in [0.5, 0.6) is 5.75 Å². The van der Waals surface area contributed by atoms with Crippen LogP contribution in [0.25, 0.3) is 0 Å². The Kier molecular flexibility index (Phi) is 9.69. The fourth-order valence-corrected chi connectivity index (χ4v) is 2.89. The molecule has 2 unspecified atom stereocenters. The van der Waals surface area contributed by atoms with Crippen LogP contribution in [0.2, 0.25) is 0 Å². The third-order valence-corrected chi connectivity index (χ3v) is 4.48. The van der Waals surface area contributed by atoms with Gasteiger partial charge in [-0.15, -0.1) is 0 Å². The van der Waals surface area contributed by atoms with Crippen LogP contribution in [0.3, 0.4) is 0 Å². The predicted molar refractivity (Wildman–Crippen MR) is 111 cm³/mol. The molecule has 2 aromatic rings. The molecule has 0 radical (unpaired) electrons. The third kappa shape index (κ3) is 7.43. The Hall–Kier alpha value is -2.21. The summed E-state index contributed by atoms with van der Waals surface area (Å²) in [6.45, 7) is 3.54. The van der Waals surface area contributed by atoms with Crippen LogP contribution in [-0.4, -0.2) is 49.9 Å². The van der Waals surface area contributed by atoms with Gasteiger partial charge in [0.2, 0.25) is 0 Å². The SMILES string of the molecule is CCCCNCC(O)COC(Cc1cccc(OC)c1)C(=O)c1ccccc1. The van der Waals surface area contributed by atoms with Crippen LogP contribution in [-0.2, 0) is 11.2 Å². The van der Waals surface area contributed by atoms with Gasteiger partial charge < -0.3 is 19.9 Å². The van der Waals surface area contributed by atoms with E-state index >= 15 is 0 Å². The van der Waals surface area contributed by atoms with Crippen molar-refractivity contribution >= 4 is 5.78 Å². The fourth-order valence-electron chi connectivity index (χ4n) is 2.89. The van der Waals surface area contributed by atoms with Crippen LogP contribution in [0, 0.1) is 0 Å². The van der Waals surface area contributed by atoms with Crippen molar-refractivity contribution < 1.29 is 19.4 Å². The van der Waals surface area contributed by atoms with E-state index in [-0.39, 0.29) is 12.4 Å². The van der Waals surface area contributed by atoms with Gasteiger partial charge in [0.15, 0.2) is 5.78 Å². The fraction of sp³-hybridized carbons (Fsp3) is 0.435. The lowest BCUT2D eigenvalue weighted by Gasteiger charge is -2.20. The second kappa shape index (κ2) is 12.3. The lowest BCUT2D eigenvalue weighted by molar-refractivity contribution is -0.00166. The van der Waals surface area contributed by atoms with Crippen molar-refractivity contribution in [3.63, 3.8) is 0 Å². The van der Waals surface area contributed by atoms with Crippen LogP contribution in [0.1, 0.15) is 35.7 Å². The van der Waals surface area contributed by atoms with Crippen molar-refractivity contribution in [3.05, 3.63) is 65.7 Å². The zero-order chi connectivity index (χ0) is 20.2. The number of rotatable bonds is 13. The van der Waals surface area contributed by atoms with Gasteiger partial charge in [0.05, 0.1) is 19.8 Å². The zero-order valence-corrected chi connectivity index (χ0v) is 16.8. The summed E-state index contributed by atoms with van der Waals surface area (Å²) < 4.78 is 11.1. The number of hydrogen-bond donors (Lipinski definition) is 2. The highest BCUT2D eigenvalue weighted by atomic mass is 16.5. The lowest BCUT2D eigenvalue weighted by atomic mass is 9.99. The topological polar surface area (TPSA) is 67.8 Å². The Labute approximate surface area is 167 Å². The maximum absolute atomic E-state index is 13.0. The second-order valence-electron chi connectivity index (χ2n) is 6.82. The smallest absolute Gasteiger partial charge is 0.191 e. The van der Waals surface area contributed by atoms with Gasteiger partial charge >= 0.3 is 0 Å². The molecule has 0 spiro atoms. The molecule has 0 amide bonds. The molecule has 0 saturated heterocycles. The number of carbonyl (C=O) groups excluding carboxylic acids is 1. The van der Waals surface area contributed by atoms with Gasteiger partial charge in [-0.05, 0) is 30.7 Å². The first-order valence-electron chi connectivity index (χ1n) is 9.86. The van der Waals surface area contributed by atoms with E-state index in [0.29, 0.717) is 18.5 Å². The number of ether oxygens (including phenoxy) is 2. The maximum Gasteiger partial charge on any atom is 0.191 e. The Bertz CT molecular complexity index is 705. The number of nitrogens with one attached hydrogen (secondary N) is 1. The van der Waals surface area contributed by atoms with E-state index in [4.69, 9.17) is 9.47 Å². The van der Waals surface area contributed by atoms with Crippen LogP contribution >= 0.6 is 0 Å². The normalized spacial score (nSPS) is 13.1. The van der Waals surface area contributed by atoms with E-state index in [1.54, 1.807) is 19.2 Å². The summed E-state index contributed by atoms with van der Waals surface area (Å²) in [5.74, 6) is 0.651. The Morgan fingerprint density at radius 1 is 1.14 bits per heavy atom. The van der Waals surface area contributed by atoms with Gasteiger partial charge in [0.1, 0.15) is 11.9 Å². The van der Waals surface area contributed by atoms with Gasteiger partial charge in [-0.3, -0.25) is 4.79 Å². The summed E-state index contributed by atoms with van der Waals surface area (Å²) in [5.41, 5.74) is 1.55. The molecule has 0 heterocycles. The highest BCUT2D eigenvalue weighted by molar-refractivity contribution is 5.99. The van der Waals surface area contributed by atoms with Crippen molar-refractivity contribution in [1.29, 1.82) is 0 Å². The number of Topliss-reactive ketones (excluding diaryl/α,β-unsaturated/α-hetero) is 1. The monoisotopic (exact) mass is 385 g/mol. The van der Waals surface area contributed by atoms with Gasteiger partial charge in [-0.1, -0.05) is 55.8 Å². The van der Waals surface area contributed by atoms with Crippen molar-refractivity contribution in [2.24, 2.45) is 0 Å². The number of carbonyl (C=O) groups is 1. The number of ketones is 1. The minimum Gasteiger partial charge on any atom is -0.497 e. The first-order valence-corrected chi connectivity index (χ1v) is 9.86. The quantitative estimate of drug-likeness (QED) is 0.409. The van der Waals surface area contributed by atoms with Crippen LogP contribution in [0.15, 0.2) is 54.6 Å². The van der Waals surface area contributed by atoms with Gasteiger partial charge in [-0.2, -0.15) is 0 Å². The molecule has 0 aliphatic carbocycles. The van der Waals surface area contributed by atoms with Gasteiger partial charge in [0, 0.05) is 18.5 Å². The molecule has 0 saturated carbocycles. The van der Waals surface area contributed by atoms with Crippen LogP contribution in [0.4, 0.5) is 0 Å². The molecular weight excluding hydrogens is 354 g/mol. The summed E-state index contributed by atoms with van der Waals surface area (Å²) in [5, 5.41) is 13.4. The molecule has 0 bridgehead atoms. The molecule has 0 aromatic heterocycles. The maximum atomic E-state index is 13.0. The molecule has 2 atom stereocenters. The standard InChI is InChI=1S/C23H31NO4/c1-3-4-13-24-16-20(25)17-28-22(23(26)19-10-6-5-7-11-19)15-18-9-8-12-21(14-18)27-2/h5-12,14,20,22,24-25H,3-4,13,15-17H2,1-2H3. The molecule has 2 N–H and O–H groups in total. The summed E-state index contributed by atoms with van der Waals surface area (Å²) >= 11 is 0. The van der Waals surface area contributed by atoms with Crippen LogP contribution < -0.4 is 10.1 Å². The van der Waals surface area contributed by atoms with E-state index in [2.05, 4.69) is 12.2 Å². The number of benzene rings is 2. The van der Waals surface area contributed by atoms with E-state index < -0.39 is 12.2 Å². The lowest BCUT2D eigenvalue weighted by Crippen LogP contribution is -2.35. The number of aliphatic hydroxyl groups is 1. The Morgan fingerprint density at radius 3 is 2.64 bits per heavy atom. The molecule has 2 aromatic carbocycles. The summed E-state index contributed by atoms with van der Waals surface area (Å²) in [6.07, 6.45) is 1.26.